The molecule has 4 nitrogen and oxygen atoms in total. The van der Waals surface area contributed by atoms with Crippen molar-refractivity contribution < 1.29 is 9.18 Å². The van der Waals surface area contributed by atoms with Crippen molar-refractivity contribution in [3.63, 3.8) is 0 Å². The van der Waals surface area contributed by atoms with Crippen molar-refractivity contribution in [2.45, 2.75) is 19.0 Å². The number of hydrogen-bond acceptors (Lipinski definition) is 3. The molecular weight excluding hydrogens is 245 g/mol. The van der Waals surface area contributed by atoms with E-state index in [9.17, 15) is 9.18 Å². The summed E-state index contributed by atoms with van der Waals surface area (Å²) in [6, 6.07) is 6.67. The Bertz CT molecular complexity index is 438. The number of carbonyl (C=O) groups is 1. The highest BCUT2D eigenvalue weighted by atomic mass is 19.1. The van der Waals surface area contributed by atoms with E-state index in [4.69, 9.17) is 0 Å². The van der Waals surface area contributed by atoms with Gasteiger partial charge in [0.2, 0.25) is 5.91 Å². The van der Waals surface area contributed by atoms with Gasteiger partial charge in [0, 0.05) is 44.2 Å². The average Bonchev–Trinajstić information content (AvgIpc) is 2.38. The van der Waals surface area contributed by atoms with Crippen molar-refractivity contribution >= 4 is 5.91 Å². The molecule has 1 aromatic carbocycles. The van der Waals surface area contributed by atoms with Crippen molar-refractivity contribution in [3.05, 3.63) is 35.6 Å². The van der Waals surface area contributed by atoms with E-state index >= 15 is 0 Å². The number of amides is 1. The number of nitrogens with one attached hydrogen (secondary N) is 2. The fourth-order valence-electron chi connectivity index (χ4n) is 2.26. The molecule has 5 heteroatoms. The Morgan fingerprint density at radius 2 is 2.32 bits per heavy atom. The lowest BCUT2D eigenvalue weighted by molar-refractivity contribution is -0.122. The Morgan fingerprint density at radius 3 is 3.05 bits per heavy atom. The molecule has 19 heavy (non-hydrogen) atoms. The van der Waals surface area contributed by atoms with E-state index in [1.54, 1.807) is 18.2 Å². The summed E-state index contributed by atoms with van der Waals surface area (Å²) in [5.41, 5.74) is 0.518. The maximum atomic E-state index is 13.4. The molecule has 1 heterocycles. The molecule has 1 unspecified atom stereocenters. The van der Waals surface area contributed by atoms with Crippen LogP contribution in [-0.4, -0.2) is 43.5 Å². The minimum Gasteiger partial charge on any atom is -0.352 e. The number of benzene rings is 1. The van der Waals surface area contributed by atoms with E-state index in [0.717, 1.165) is 19.6 Å². The molecule has 1 saturated heterocycles. The molecule has 2 rings (SSSR count). The quantitative estimate of drug-likeness (QED) is 0.844. The van der Waals surface area contributed by atoms with E-state index < -0.39 is 0 Å². The standard InChI is InChI=1S/C14H20FN3O/c1-18-7-6-16-12(10-18)8-14(19)17-9-11-4-2-3-5-13(11)15/h2-5,12,16H,6-10H2,1H3,(H,17,19). The van der Waals surface area contributed by atoms with Gasteiger partial charge in [-0.15, -0.1) is 0 Å². The Morgan fingerprint density at radius 1 is 1.53 bits per heavy atom. The Hall–Kier alpha value is -1.46. The number of likely N-dealkylation sites (N-methyl/N-ethyl adjacent to an activating group) is 1. The maximum absolute atomic E-state index is 13.4. The van der Waals surface area contributed by atoms with E-state index in [2.05, 4.69) is 15.5 Å². The molecule has 1 aromatic rings. The smallest absolute Gasteiger partial charge is 0.221 e. The summed E-state index contributed by atoms with van der Waals surface area (Å²) in [7, 11) is 2.05. The summed E-state index contributed by atoms with van der Waals surface area (Å²) in [6.07, 6.45) is 0.429. The summed E-state index contributed by atoms with van der Waals surface area (Å²) >= 11 is 0. The molecular formula is C14H20FN3O. The van der Waals surface area contributed by atoms with Crippen molar-refractivity contribution in [3.8, 4) is 0 Å². The Labute approximate surface area is 113 Å². The number of halogens is 1. The van der Waals surface area contributed by atoms with Gasteiger partial charge in [-0.05, 0) is 13.1 Å². The molecule has 0 saturated carbocycles. The molecule has 1 aliphatic rings. The Balaban J connectivity index is 1.77. The topological polar surface area (TPSA) is 44.4 Å². The second-order valence-electron chi connectivity index (χ2n) is 4.99. The van der Waals surface area contributed by atoms with Crippen LogP contribution in [0.15, 0.2) is 24.3 Å². The number of rotatable bonds is 4. The minimum absolute atomic E-state index is 0.0453. The minimum atomic E-state index is -0.279. The molecule has 1 fully saturated rings. The van der Waals surface area contributed by atoms with Crippen molar-refractivity contribution in [2.24, 2.45) is 0 Å². The van der Waals surface area contributed by atoms with E-state index in [1.807, 2.05) is 7.05 Å². The van der Waals surface area contributed by atoms with Crippen LogP contribution in [0.5, 0.6) is 0 Å². The van der Waals surface area contributed by atoms with Gasteiger partial charge in [0.25, 0.3) is 0 Å². The first-order chi connectivity index (χ1) is 9.15. The summed E-state index contributed by atoms with van der Waals surface area (Å²) in [4.78, 5) is 14.0. The molecule has 0 spiro atoms. The van der Waals surface area contributed by atoms with E-state index in [-0.39, 0.29) is 24.3 Å². The molecule has 0 bridgehead atoms. The average molecular weight is 265 g/mol. The largest absolute Gasteiger partial charge is 0.352 e. The lowest BCUT2D eigenvalue weighted by Gasteiger charge is -2.30. The lowest BCUT2D eigenvalue weighted by atomic mass is 10.1. The first kappa shape index (κ1) is 14.0. The third-order valence-corrected chi connectivity index (χ3v) is 3.32. The highest BCUT2D eigenvalue weighted by molar-refractivity contribution is 5.76. The van der Waals surface area contributed by atoms with E-state index in [0.29, 0.717) is 12.0 Å². The Kier molecular flexibility index (Phi) is 4.87. The first-order valence-electron chi connectivity index (χ1n) is 6.57. The van der Waals surface area contributed by atoms with Gasteiger partial charge in [-0.1, -0.05) is 18.2 Å². The molecule has 0 aromatic heterocycles. The van der Waals surface area contributed by atoms with Crippen molar-refractivity contribution in [2.75, 3.05) is 26.7 Å². The second-order valence-corrected chi connectivity index (χ2v) is 4.99. The number of carbonyl (C=O) groups excluding carboxylic acids is 1. The third kappa shape index (κ3) is 4.29. The molecule has 1 amide bonds. The highest BCUT2D eigenvalue weighted by Crippen LogP contribution is 2.06. The summed E-state index contributed by atoms with van der Waals surface area (Å²) < 4.78 is 13.4. The van der Waals surface area contributed by atoms with Crippen LogP contribution in [0, 0.1) is 5.82 Å². The molecule has 2 N–H and O–H groups in total. The van der Waals surface area contributed by atoms with E-state index in [1.165, 1.54) is 6.07 Å². The molecule has 0 radical (unpaired) electrons. The fraction of sp³-hybridized carbons (Fsp3) is 0.500. The van der Waals surface area contributed by atoms with Crippen molar-refractivity contribution in [1.29, 1.82) is 0 Å². The predicted octanol–water partition coefficient (Wildman–Crippen LogP) is 0.736. The summed E-state index contributed by atoms with van der Waals surface area (Å²) in [6.45, 7) is 3.02. The number of piperazine rings is 1. The van der Waals surface area contributed by atoms with Gasteiger partial charge in [0.15, 0.2) is 0 Å². The first-order valence-corrected chi connectivity index (χ1v) is 6.57. The molecule has 1 aliphatic heterocycles. The zero-order valence-electron chi connectivity index (χ0n) is 11.2. The number of nitrogens with zero attached hydrogens (tertiary/aromatic N) is 1. The van der Waals surface area contributed by atoms with Gasteiger partial charge >= 0.3 is 0 Å². The third-order valence-electron chi connectivity index (χ3n) is 3.32. The van der Waals surface area contributed by atoms with Gasteiger partial charge < -0.3 is 15.5 Å². The van der Waals surface area contributed by atoms with Crippen LogP contribution < -0.4 is 10.6 Å². The predicted molar refractivity (Wildman–Crippen MR) is 72.2 cm³/mol. The second kappa shape index (κ2) is 6.63. The van der Waals surface area contributed by atoms with Gasteiger partial charge in [-0.25, -0.2) is 4.39 Å². The van der Waals surface area contributed by atoms with Crippen LogP contribution in [-0.2, 0) is 11.3 Å². The molecule has 104 valence electrons. The zero-order chi connectivity index (χ0) is 13.7. The van der Waals surface area contributed by atoms with Crippen molar-refractivity contribution in [1.82, 2.24) is 15.5 Å². The maximum Gasteiger partial charge on any atom is 0.221 e. The van der Waals surface area contributed by atoms with Gasteiger partial charge in [-0.2, -0.15) is 0 Å². The van der Waals surface area contributed by atoms with Crippen LogP contribution in [0.25, 0.3) is 0 Å². The van der Waals surface area contributed by atoms with Crippen LogP contribution in [0.1, 0.15) is 12.0 Å². The van der Waals surface area contributed by atoms with Crippen LogP contribution in [0.4, 0.5) is 4.39 Å². The number of hydrogen-bond donors (Lipinski definition) is 2. The lowest BCUT2D eigenvalue weighted by Crippen LogP contribution is -2.50. The van der Waals surface area contributed by atoms with Gasteiger partial charge in [0.05, 0.1) is 0 Å². The summed E-state index contributed by atoms with van der Waals surface area (Å²) in [5.74, 6) is -0.325. The van der Waals surface area contributed by atoms with Crippen LogP contribution in [0.2, 0.25) is 0 Å². The monoisotopic (exact) mass is 265 g/mol. The normalized spacial score (nSPS) is 20.2. The molecule has 1 atom stereocenters. The molecule has 0 aliphatic carbocycles. The van der Waals surface area contributed by atoms with Crippen LogP contribution in [0.3, 0.4) is 0 Å². The van der Waals surface area contributed by atoms with Gasteiger partial charge in [-0.3, -0.25) is 4.79 Å². The van der Waals surface area contributed by atoms with Crippen LogP contribution >= 0.6 is 0 Å². The summed E-state index contributed by atoms with van der Waals surface area (Å²) in [5, 5.41) is 6.08. The zero-order valence-corrected chi connectivity index (χ0v) is 11.2. The van der Waals surface area contributed by atoms with Gasteiger partial charge in [0.1, 0.15) is 5.82 Å². The highest BCUT2D eigenvalue weighted by Gasteiger charge is 2.19. The SMILES string of the molecule is CN1CCNC(CC(=O)NCc2ccccc2F)C1. The fourth-order valence-corrected chi connectivity index (χ4v) is 2.26.